The van der Waals surface area contributed by atoms with Gasteiger partial charge in [0.05, 0.1) is 13.4 Å². The third-order valence-electron chi connectivity index (χ3n) is 4.13. The van der Waals surface area contributed by atoms with Gasteiger partial charge in [0.25, 0.3) is 10.1 Å². The van der Waals surface area contributed by atoms with Crippen molar-refractivity contribution in [3.8, 4) is 0 Å². The van der Waals surface area contributed by atoms with Gasteiger partial charge in [0, 0.05) is 12.7 Å². The Hall–Kier alpha value is -2.49. The van der Waals surface area contributed by atoms with Crippen LogP contribution in [-0.2, 0) is 25.9 Å². The average Bonchev–Trinajstić information content (AvgIpc) is 2.61. The van der Waals surface area contributed by atoms with Crippen molar-refractivity contribution in [2.75, 3.05) is 17.7 Å². The van der Waals surface area contributed by atoms with E-state index in [1.807, 2.05) is 0 Å². The number of carbonyl (C=O) groups is 2. The van der Waals surface area contributed by atoms with E-state index in [2.05, 4.69) is 4.74 Å². The van der Waals surface area contributed by atoms with E-state index < -0.39 is 63.4 Å². The van der Waals surface area contributed by atoms with Crippen molar-refractivity contribution >= 4 is 35.7 Å². The summed E-state index contributed by atoms with van der Waals surface area (Å²) in [6.07, 6.45) is -14.2. The first-order valence-electron chi connectivity index (χ1n) is 9.16. The first-order valence-corrected chi connectivity index (χ1v) is 10.8. The van der Waals surface area contributed by atoms with Crippen molar-refractivity contribution in [1.82, 2.24) is 0 Å². The van der Waals surface area contributed by atoms with Gasteiger partial charge in [0.15, 0.2) is 0 Å². The molecule has 0 unspecified atom stereocenters. The van der Waals surface area contributed by atoms with Gasteiger partial charge in [-0.2, -0.15) is 34.8 Å². The minimum atomic E-state index is -6.47. The summed E-state index contributed by atoms with van der Waals surface area (Å²) in [4.78, 5) is 25.4. The van der Waals surface area contributed by atoms with Crippen LogP contribution in [0.15, 0.2) is 18.2 Å². The zero-order valence-electron chi connectivity index (χ0n) is 18.2. The van der Waals surface area contributed by atoms with E-state index in [1.165, 1.54) is 7.05 Å². The van der Waals surface area contributed by atoms with Crippen LogP contribution in [0.4, 0.5) is 36.8 Å². The molecule has 0 saturated carbocycles. The molecule has 1 N–H and O–H groups in total. The summed E-state index contributed by atoms with van der Waals surface area (Å²) in [7, 11) is 0.845. The Kier molecular flexibility index (Phi) is 8.38. The normalized spacial score (nSPS) is 13.4. The monoisotopic (exact) mass is 519 g/mol. The Bertz CT molecular complexity index is 1020. The first-order chi connectivity index (χ1) is 15.0. The quantitative estimate of drug-likeness (QED) is 0.265. The second kappa shape index (κ2) is 9.64. The van der Waals surface area contributed by atoms with Crippen LogP contribution < -0.4 is 4.90 Å². The van der Waals surface area contributed by atoms with Crippen LogP contribution in [0.2, 0.25) is 0 Å². The number of alkyl halides is 6. The third-order valence-corrected chi connectivity index (χ3v) is 4.90. The van der Waals surface area contributed by atoms with Crippen LogP contribution in [-0.4, -0.2) is 69.2 Å². The van der Waals surface area contributed by atoms with E-state index in [1.54, 1.807) is 20.8 Å². The number of hydrogen-bond acceptors (Lipinski definition) is 6. The number of halogens is 6. The lowest BCUT2D eigenvalue weighted by molar-refractivity contribution is -0.356. The number of rotatable bonds is 6. The first kappa shape index (κ1) is 29.5. The summed E-state index contributed by atoms with van der Waals surface area (Å²) in [6.45, 7) is 4.71. The van der Waals surface area contributed by atoms with Gasteiger partial charge in [-0.1, -0.05) is 6.32 Å². The lowest BCUT2D eigenvalue weighted by Gasteiger charge is -2.35. The average molecular weight is 519 g/mol. The molecule has 0 fully saturated rings. The number of nitrogens with zero attached hydrogens (tertiary/aromatic N) is 1. The highest BCUT2D eigenvalue weighted by molar-refractivity contribution is 7.85. The maximum atomic E-state index is 13.4. The van der Waals surface area contributed by atoms with E-state index in [-0.39, 0.29) is 11.3 Å². The third kappa shape index (κ3) is 7.01. The molecule has 8 nitrogen and oxygen atoms in total. The summed E-state index contributed by atoms with van der Waals surface area (Å²) in [5.74, 6) is -5.22. The van der Waals surface area contributed by atoms with Crippen LogP contribution in [0.5, 0.6) is 0 Å². The van der Waals surface area contributed by atoms with Gasteiger partial charge in [-0.15, -0.1) is 0 Å². The summed E-state index contributed by atoms with van der Waals surface area (Å²) < 4.78 is 120. The van der Waals surface area contributed by atoms with E-state index in [0.717, 1.165) is 23.1 Å². The Morgan fingerprint density at radius 1 is 1.03 bits per heavy atom. The maximum absolute atomic E-state index is 13.4. The smallest absolute Gasteiger partial charge is 0.438 e. The van der Waals surface area contributed by atoms with Crippen molar-refractivity contribution in [2.45, 2.75) is 50.6 Å². The molecule has 1 amide bonds. The number of carbonyl (C=O) groups excluding carboxylic acids is 2. The lowest BCUT2D eigenvalue weighted by Crippen LogP contribution is -2.63. The number of hydrogen-bond donors (Lipinski definition) is 1. The largest absolute Gasteiger partial charge is 0.443 e. The van der Waals surface area contributed by atoms with Crippen molar-refractivity contribution in [3.05, 3.63) is 29.3 Å². The zero-order valence-corrected chi connectivity index (χ0v) is 19.1. The molecule has 0 atom stereocenters. The molecule has 2 radical (unpaired) electrons. The molecule has 34 heavy (non-hydrogen) atoms. The highest BCUT2D eigenvalue weighted by Gasteiger charge is 2.76. The van der Waals surface area contributed by atoms with Crippen LogP contribution in [0, 0.1) is 0 Å². The van der Waals surface area contributed by atoms with Gasteiger partial charge in [0.2, 0.25) is 0 Å². The predicted octanol–water partition coefficient (Wildman–Crippen LogP) is 3.63. The predicted molar refractivity (Wildman–Crippen MR) is 107 cm³/mol. The topological polar surface area (TPSA) is 110 Å². The molecule has 0 aliphatic heterocycles. The number of esters is 1. The molecule has 0 bridgehead atoms. The molecule has 1 aromatic rings. The molecule has 1 aromatic carbocycles. The number of ether oxygens (including phenoxy) is 2. The summed E-state index contributed by atoms with van der Waals surface area (Å²) >= 11 is 0. The second-order valence-electron chi connectivity index (χ2n) is 8.03. The van der Waals surface area contributed by atoms with Gasteiger partial charge in [-0.05, 0) is 44.5 Å². The highest BCUT2D eigenvalue weighted by Crippen LogP contribution is 2.47. The van der Waals surface area contributed by atoms with Gasteiger partial charge in [0.1, 0.15) is 11.4 Å². The molecule has 0 saturated heterocycles. The fraction of sp³-hybridized carbons (Fsp3) is 0.556. The second-order valence-corrected chi connectivity index (χ2v) is 9.48. The Morgan fingerprint density at radius 2 is 1.53 bits per heavy atom. The van der Waals surface area contributed by atoms with Crippen LogP contribution in [0.1, 0.15) is 36.7 Å². The van der Waals surface area contributed by atoms with Crippen LogP contribution in [0.3, 0.4) is 0 Å². The molecule has 0 aliphatic rings. The lowest BCUT2D eigenvalue weighted by atomic mass is 9.93. The van der Waals surface area contributed by atoms with Crippen molar-refractivity contribution < 1.29 is 58.4 Å². The molecule has 1 rings (SSSR count). The molecule has 0 heterocycles. The molecule has 0 aromatic heterocycles. The minimum Gasteiger partial charge on any atom is -0.443 e. The van der Waals surface area contributed by atoms with Gasteiger partial charge >= 0.3 is 30.0 Å². The Morgan fingerprint density at radius 3 is 1.91 bits per heavy atom. The Balaban J connectivity index is 3.46. The van der Waals surface area contributed by atoms with E-state index in [4.69, 9.17) is 17.1 Å². The summed E-state index contributed by atoms with van der Waals surface area (Å²) in [5.41, 5.74) is -7.37. The molecular formula is C18H20BF6NO7S. The molecule has 190 valence electrons. The van der Waals surface area contributed by atoms with Gasteiger partial charge < -0.3 is 9.47 Å². The maximum Gasteiger partial charge on any atom is 0.438 e. The van der Waals surface area contributed by atoms with E-state index in [9.17, 15) is 44.3 Å². The van der Waals surface area contributed by atoms with Gasteiger partial charge in [-0.25, -0.2) is 9.59 Å². The fourth-order valence-corrected chi connectivity index (χ4v) is 3.48. The van der Waals surface area contributed by atoms with Crippen molar-refractivity contribution in [3.63, 3.8) is 0 Å². The zero-order chi connectivity index (χ0) is 26.9. The summed E-state index contributed by atoms with van der Waals surface area (Å²) in [5, 5.41) is 0. The molecule has 0 spiro atoms. The highest BCUT2D eigenvalue weighted by atomic mass is 32.2. The van der Waals surface area contributed by atoms with Crippen molar-refractivity contribution in [1.29, 1.82) is 0 Å². The van der Waals surface area contributed by atoms with Crippen LogP contribution >= 0.6 is 0 Å². The summed E-state index contributed by atoms with van der Waals surface area (Å²) in [6, 6.07) is 2.50. The SMILES string of the molecule is [B]Cc1cc(C(=O)OC(CS(=O)(=O)O)(C(F)(F)F)C(F)(F)F)ccc1N(C)C(=O)OC(C)(C)C. The number of benzene rings is 1. The molecule has 0 aliphatic carbocycles. The number of anilines is 1. The standard InChI is InChI=1S/C18H20BF6NO7S/c1-15(2,3)33-14(28)26(4)12-6-5-10(7-11(12)8-19)13(27)32-16(17(20,21)22,18(23,24)25)9-34(29,30)31/h5-7H,8-9H2,1-4H3,(H,29,30,31). The Labute approximate surface area is 192 Å². The number of amides is 1. The van der Waals surface area contributed by atoms with E-state index >= 15 is 0 Å². The van der Waals surface area contributed by atoms with Crippen LogP contribution in [0.25, 0.3) is 0 Å². The molecule has 16 heteroatoms. The van der Waals surface area contributed by atoms with E-state index in [0.29, 0.717) is 0 Å². The minimum absolute atomic E-state index is 0.0177. The molecular weight excluding hydrogens is 499 g/mol. The van der Waals surface area contributed by atoms with Gasteiger partial charge in [-0.3, -0.25) is 9.45 Å². The fourth-order valence-electron chi connectivity index (χ4n) is 2.58. The van der Waals surface area contributed by atoms with Crippen molar-refractivity contribution in [2.24, 2.45) is 0 Å².